The van der Waals surface area contributed by atoms with Crippen molar-refractivity contribution in [3.63, 3.8) is 0 Å². The van der Waals surface area contributed by atoms with Crippen LogP contribution in [0.15, 0.2) is 30.3 Å². The zero-order valence-electron chi connectivity index (χ0n) is 27.0. The highest BCUT2D eigenvalue weighted by molar-refractivity contribution is 5.89. The quantitative estimate of drug-likeness (QED) is 0.387. The van der Waals surface area contributed by atoms with Gasteiger partial charge in [-0.15, -0.1) is 0 Å². The van der Waals surface area contributed by atoms with Crippen LogP contribution in [0.25, 0.3) is 0 Å². The third-order valence-electron chi connectivity index (χ3n) is 13.0. The number of rotatable bonds is 9. The number of carbonyl (C=O) groups excluding carboxylic acids is 2. The van der Waals surface area contributed by atoms with E-state index in [1.807, 2.05) is 6.07 Å². The lowest BCUT2D eigenvalue weighted by atomic mass is 9.43. The van der Waals surface area contributed by atoms with E-state index in [9.17, 15) is 19.8 Å². The maximum absolute atomic E-state index is 13.7. The molecule has 7 bridgehead atoms. The summed E-state index contributed by atoms with van der Waals surface area (Å²) < 4.78 is 37.7. The molecule has 5 saturated carbocycles. The van der Waals surface area contributed by atoms with Gasteiger partial charge in [0.1, 0.15) is 23.9 Å². The summed E-state index contributed by atoms with van der Waals surface area (Å²) in [4.78, 5) is 29.4. The Morgan fingerprint density at radius 1 is 1.02 bits per heavy atom. The van der Waals surface area contributed by atoms with Crippen molar-refractivity contribution in [1.29, 1.82) is 0 Å². The molecule has 248 valence electrons. The molecule has 5 aliphatic carbocycles. The molecule has 1 aromatic rings. The van der Waals surface area contributed by atoms with E-state index in [0.29, 0.717) is 18.7 Å². The molecule has 1 aromatic carbocycles. The van der Waals surface area contributed by atoms with Crippen molar-refractivity contribution in [3.8, 4) is 0 Å². The molecule has 45 heavy (non-hydrogen) atoms. The average Bonchev–Trinajstić information content (AvgIpc) is 3.40. The monoisotopic (exact) mass is 629 g/mol. The van der Waals surface area contributed by atoms with E-state index in [-0.39, 0.29) is 35.8 Å². The highest BCUT2D eigenvalue weighted by atomic mass is 16.6. The largest absolute Gasteiger partial charge is 0.455 e. The first kappa shape index (κ1) is 31.5. The Morgan fingerprint density at radius 3 is 2.36 bits per heavy atom. The molecule has 2 unspecified atom stereocenters. The van der Waals surface area contributed by atoms with Crippen LogP contribution in [0.5, 0.6) is 0 Å². The van der Waals surface area contributed by atoms with E-state index in [0.717, 1.165) is 19.4 Å². The zero-order valence-corrected chi connectivity index (χ0v) is 27.0. The minimum Gasteiger partial charge on any atom is -0.455 e. The molecule has 0 amide bonds. The highest BCUT2D eigenvalue weighted by Gasteiger charge is 2.91. The van der Waals surface area contributed by atoms with Gasteiger partial charge in [-0.3, -0.25) is 9.69 Å². The molecular formula is C34H47NO10. The second kappa shape index (κ2) is 10.7. The number of nitrogens with zero attached hydrogens (tertiary/aromatic N) is 1. The first-order valence-electron chi connectivity index (χ1n) is 16.2. The molecule has 1 spiro atoms. The van der Waals surface area contributed by atoms with Gasteiger partial charge < -0.3 is 38.6 Å². The summed E-state index contributed by atoms with van der Waals surface area (Å²) in [5.41, 5.74) is -3.92. The van der Waals surface area contributed by atoms with Gasteiger partial charge in [0, 0.05) is 76.5 Å². The molecule has 6 aliphatic rings. The lowest BCUT2D eigenvalue weighted by molar-refractivity contribution is -0.317. The molecule has 0 radical (unpaired) electrons. The van der Waals surface area contributed by atoms with E-state index in [1.165, 1.54) is 14.0 Å². The summed E-state index contributed by atoms with van der Waals surface area (Å²) in [7, 11) is 6.59. The van der Waals surface area contributed by atoms with E-state index >= 15 is 0 Å². The number of aliphatic hydroxyl groups is 2. The lowest BCUT2D eigenvalue weighted by Crippen LogP contribution is -2.80. The number of ether oxygens (including phenoxy) is 6. The second-order valence-electron chi connectivity index (χ2n) is 14.3. The number of aliphatic hydroxyl groups excluding tert-OH is 1. The fraction of sp³-hybridized carbons (Fsp3) is 0.765. The van der Waals surface area contributed by atoms with Crippen LogP contribution in [0.2, 0.25) is 0 Å². The van der Waals surface area contributed by atoms with Crippen molar-refractivity contribution in [2.75, 3.05) is 48.1 Å². The summed E-state index contributed by atoms with van der Waals surface area (Å²) in [6, 6.07) is 8.42. The fourth-order valence-corrected chi connectivity index (χ4v) is 12.4. The van der Waals surface area contributed by atoms with Crippen LogP contribution in [0.4, 0.5) is 0 Å². The summed E-state index contributed by atoms with van der Waals surface area (Å²) in [5.74, 6) is -2.95. The Balaban J connectivity index is 1.52. The Bertz CT molecular complexity index is 1330. The van der Waals surface area contributed by atoms with E-state index in [2.05, 4.69) is 11.8 Å². The molecule has 1 heterocycles. The molecule has 11 nitrogen and oxygen atoms in total. The van der Waals surface area contributed by atoms with Crippen LogP contribution >= 0.6 is 0 Å². The maximum atomic E-state index is 13.7. The van der Waals surface area contributed by atoms with Gasteiger partial charge in [0.05, 0.1) is 24.4 Å². The van der Waals surface area contributed by atoms with Crippen molar-refractivity contribution in [1.82, 2.24) is 4.90 Å². The molecule has 11 heteroatoms. The molecule has 6 fully saturated rings. The second-order valence-corrected chi connectivity index (χ2v) is 14.3. The van der Waals surface area contributed by atoms with Crippen molar-refractivity contribution in [2.45, 2.75) is 80.9 Å². The number of methoxy groups -OCH3 is 4. The van der Waals surface area contributed by atoms with E-state index in [4.69, 9.17) is 28.4 Å². The van der Waals surface area contributed by atoms with Gasteiger partial charge in [-0.2, -0.15) is 0 Å². The summed E-state index contributed by atoms with van der Waals surface area (Å²) in [6.07, 6.45) is -2.64. The van der Waals surface area contributed by atoms with Crippen LogP contribution in [0.3, 0.4) is 0 Å². The van der Waals surface area contributed by atoms with Gasteiger partial charge in [0.15, 0.2) is 5.60 Å². The third-order valence-corrected chi connectivity index (χ3v) is 13.0. The van der Waals surface area contributed by atoms with E-state index in [1.54, 1.807) is 45.6 Å². The van der Waals surface area contributed by atoms with Gasteiger partial charge in [-0.1, -0.05) is 25.1 Å². The molecule has 2 N–H and O–H groups in total. The van der Waals surface area contributed by atoms with Gasteiger partial charge in [-0.25, -0.2) is 4.79 Å². The fourth-order valence-electron chi connectivity index (χ4n) is 12.4. The average molecular weight is 630 g/mol. The summed E-state index contributed by atoms with van der Waals surface area (Å²) >= 11 is 0. The number of benzene rings is 1. The molecule has 1 saturated heterocycles. The molecule has 7 rings (SSSR count). The van der Waals surface area contributed by atoms with Crippen molar-refractivity contribution >= 4 is 11.9 Å². The molecule has 14 atom stereocenters. The van der Waals surface area contributed by atoms with Crippen LogP contribution in [-0.4, -0.2) is 123 Å². The minimum atomic E-state index is -1.76. The standard InChI is InChI=1S/C34H47NO10/c1-7-35-16-31(17-40-3)14-13-21(41-4)33-20-15-32(39)28(44-30(38)19-11-9-8-10-12-19)22(20)34(45-18(2)36,27(37)29(32)43-6)23(26(33)35)24(42-5)25(31)33/h8-12,20-29,37,39H,7,13-17H2,1-6H3/t20-,21+,22-,23?,24?,25-,26-,27+,28-,29+,31+,32-,33+,34-/m1/s1. The van der Waals surface area contributed by atoms with Crippen LogP contribution in [-0.2, 0) is 33.2 Å². The smallest absolute Gasteiger partial charge is 0.338 e. The maximum Gasteiger partial charge on any atom is 0.338 e. The van der Waals surface area contributed by atoms with Gasteiger partial charge in [0.25, 0.3) is 0 Å². The summed E-state index contributed by atoms with van der Waals surface area (Å²) in [6.45, 7) is 5.44. The number of hydrogen-bond acceptors (Lipinski definition) is 11. The minimum absolute atomic E-state index is 0.101. The summed E-state index contributed by atoms with van der Waals surface area (Å²) in [5, 5.41) is 25.3. The van der Waals surface area contributed by atoms with Gasteiger partial charge in [-0.05, 0) is 43.9 Å². The molecule has 0 aromatic heterocycles. The molecule has 1 aliphatic heterocycles. The predicted octanol–water partition coefficient (Wildman–Crippen LogP) is 1.68. The Kier molecular flexibility index (Phi) is 7.48. The number of fused-ring (bicyclic) bond motifs is 2. The number of likely N-dealkylation sites (tertiary alicyclic amines) is 1. The number of carbonyl (C=O) groups is 2. The zero-order chi connectivity index (χ0) is 32.1. The van der Waals surface area contributed by atoms with Crippen LogP contribution in [0.1, 0.15) is 43.5 Å². The lowest BCUT2D eigenvalue weighted by Gasteiger charge is -2.69. The topological polar surface area (TPSA) is 133 Å². The predicted molar refractivity (Wildman–Crippen MR) is 159 cm³/mol. The first-order chi connectivity index (χ1) is 21.6. The Hall–Kier alpha value is -2.12. The van der Waals surface area contributed by atoms with Crippen molar-refractivity contribution in [2.24, 2.45) is 34.5 Å². The number of esters is 2. The van der Waals surface area contributed by atoms with Gasteiger partial charge >= 0.3 is 11.9 Å². The first-order valence-corrected chi connectivity index (χ1v) is 16.2. The molecular weight excluding hydrogens is 582 g/mol. The highest BCUT2D eigenvalue weighted by Crippen LogP contribution is 2.80. The number of hydrogen-bond donors (Lipinski definition) is 2. The van der Waals surface area contributed by atoms with Gasteiger partial charge in [0.2, 0.25) is 0 Å². The van der Waals surface area contributed by atoms with Crippen LogP contribution < -0.4 is 0 Å². The van der Waals surface area contributed by atoms with Crippen molar-refractivity contribution < 1.29 is 48.2 Å². The third kappa shape index (κ3) is 3.66. The van der Waals surface area contributed by atoms with Crippen molar-refractivity contribution in [3.05, 3.63) is 35.9 Å². The van der Waals surface area contributed by atoms with Crippen LogP contribution in [0, 0.1) is 34.5 Å². The Morgan fingerprint density at radius 2 is 1.76 bits per heavy atom. The Labute approximate surface area is 264 Å². The number of piperidine rings is 1. The SMILES string of the molecule is CCN1C[C@]2(COC)CC[C@H](OC)[C@@]34[C@@H]5C[C@@]6(O)[C@H](OC(=O)c7ccccc7)[C@@H]5[C@@](OC(C)=O)(C(C(OC)[C@H]23)[C@@H]14)[C@@H](O)[C@@H]6OC. The normalized spacial score (nSPS) is 49.1. The van der Waals surface area contributed by atoms with E-state index < -0.39 is 64.8 Å².